The van der Waals surface area contributed by atoms with E-state index < -0.39 is 0 Å². The molecule has 4 nitrogen and oxygen atoms in total. The molecule has 0 radical (unpaired) electrons. The van der Waals surface area contributed by atoms with Crippen LogP contribution in [0, 0.1) is 13.8 Å². The molecule has 0 saturated heterocycles. The Morgan fingerprint density at radius 3 is 2.75 bits per heavy atom. The first-order valence-electron chi connectivity index (χ1n) is 5.36. The summed E-state index contributed by atoms with van der Waals surface area (Å²) in [6.45, 7) is 4.04. The molecule has 0 aliphatic carbocycles. The van der Waals surface area contributed by atoms with Gasteiger partial charge in [-0.05, 0) is 31.9 Å². The van der Waals surface area contributed by atoms with Crippen molar-refractivity contribution >= 4 is 0 Å². The Labute approximate surface area is 95.1 Å². The van der Waals surface area contributed by atoms with E-state index in [1.807, 2.05) is 31.6 Å². The minimum atomic E-state index is -0.0219. The number of hydrogen-bond donors (Lipinski definition) is 1. The lowest BCUT2D eigenvalue weighted by Gasteiger charge is -2.11. The monoisotopic (exact) mass is 219 g/mol. The van der Waals surface area contributed by atoms with Crippen molar-refractivity contribution in [3.05, 3.63) is 41.1 Å². The molecular weight excluding hydrogens is 202 g/mol. The van der Waals surface area contributed by atoms with E-state index in [9.17, 15) is 0 Å². The molecule has 4 heteroatoms. The lowest BCUT2D eigenvalue weighted by Crippen LogP contribution is -2.15. The average Bonchev–Trinajstić information content (AvgIpc) is 2.77. The van der Waals surface area contributed by atoms with Crippen LogP contribution in [0.5, 0.6) is 0 Å². The molecule has 0 aliphatic rings. The Kier molecular flexibility index (Phi) is 2.83. The summed E-state index contributed by atoms with van der Waals surface area (Å²) in [6.07, 6.45) is 4.19. The molecule has 2 aromatic heterocycles. The maximum Gasteiger partial charge on any atom is 0.0935 e. The minimum absolute atomic E-state index is 0.0219. The Balaban J connectivity index is 2.24. The Morgan fingerprint density at radius 1 is 1.50 bits per heavy atom. The van der Waals surface area contributed by atoms with E-state index in [2.05, 4.69) is 5.10 Å². The maximum atomic E-state index is 6.21. The standard InChI is InChI=1S/C12H17N3O/c1-8-12(9(2)15(3)14-8)11(13)6-10-4-5-16-7-10/h4-5,7,11H,6,13H2,1-3H3. The predicted octanol–water partition coefficient (Wildman–Crippen LogP) is 1.87. The third-order valence-corrected chi connectivity index (χ3v) is 2.97. The minimum Gasteiger partial charge on any atom is -0.472 e. The van der Waals surface area contributed by atoms with Crippen LogP contribution in [0.1, 0.15) is 28.6 Å². The Hall–Kier alpha value is -1.55. The first-order chi connectivity index (χ1) is 7.59. The van der Waals surface area contributed by atoms with Crippen molar-refractivity contribution in [3.8, 4) is 0 Å². The number of furan rings is 1. The number of nitrogens with zero attached hydrogens (tertiary/aromatic N) is 2. The lowest BCUT2D eigenvalue weighted by molar-refractivity contribution is 0.561. The normalized spacial score (nSPS) is 13.0. The van der Waals surface area contributed by atoms with Crippen LogP contribution in [0.2, 0.25) is 0 Å². The fourth-order valence-corrected chi connectivity index (χ4v) is 2.09. The van der Waals surface area contributed by atoms with Crippen molar-refractivity contribution in [3.63, 3.8) is 0 Å². The van der Waals surface area contributed by atoms with Crippen LogP contribution in [0.25, 0.3) is 0 Å². The van der Waals surface area contributed by atoms with E-state index in [0.29, 0.717) is 0 Å². The summed E-state index contributed by atoms with van der Waals surface area (Å²) in [5.74, 6) is 0. The average molecular weight is 219 g/mol. The van der Waals surface area contributed by atoms with E-state index in [4.69, 9.17) is 10.2 Å². The molecule has 2 N–H and O–H groups in total. The quantitative estimate of drug-likeness (QED) is 0.857. The molecule has 2 rings (SSSR count). The summed E-state index contributed by atoms with van der Waals surface area (Å²) in [5, 5.41) is 4.37. The van der Waals surface area contributed by atoms with Crippen LogP contribution in [-0.4, -0.2) is 9.78 Å². The highest BCUT2D eigenvalue weighted by atomic mass is 16.3. The highest BCUT2D eigenvalue weighted by molar-refractivity contribution is 5.29. The van der Waals surface area contributed by atoms with Gasteiger partial charge >= 0.3 is 0 Å². The first kappa shape index (κ1) is 11.0. The highest BCUT2D eigenvalue weighted by Gasteiger charge is 2.17. The zero-order valence-electron chi connectivity index (χ0n) is 9.90. The summed E-state index contributed by atoms with van der Waals surface area (Å²) in [6, 6.07) is 1.92. The predicted molar refractivity (Wildman–Crippen MR) is 62.0 cm³/mol. The largest absolute Gasteiger partial charge is 0.472 e. The zero-order valence-corrected chi connectivity index (χ0v) is 9.90. The molecule has 1 atom stereocenters. The molecule has 0 aliphatic heterocycles. The zero-order chi connectivity index (χ0) is 11.7. The highest BCUT2D eigenvalue weighted by Crippen LogP contribution is 2.22. The molecule has 2 heterocycles. The van der Waals surface area contributed by atoms with Gasteiger partial charge in [-0.2, -0.15) is 5.10 Å². The molecule has 16 heavy (non-hydrogen) atoms. The summed E-state index contributed by atoms with van der Waals surface area (Å²) in [5.41, 5.74) is 10.6. The number of hydrogen-bond acceptors (Lipinski definition) is 3. The van der Waals surface area contributed by atoms with Gasteiger partial charge in [0.2, 0.25) is 0 Å². The molecule has 0 bridgehead atoms. The second-order valence-electron chi connectivity index (χ2n) is 4.15. The van der Waals surface area contributed by atoms with Crippen molar-refractivity contribution in [2.75, 3.05) is 0 Å². The molecule has 1 unspecified atom stereocenters. The van der Waals surface area contributed by atoms with Gasteiger partial charge in [0.15, 0.2) is 0 Å². The Morgan fingerprint density at radius 2 is 2.25 bits per heavy atom. The summed E-state index contributed by atoms with van der Waals surface area (Å²) in [7, 11) is 1.94. The second kappa shape index (κ2) is 4.14. The summed E-state index contributed by atoms with van der Waals surface area (Å²) >= 11 is 0. The molecule has 2 aromatic rings. The summed E-state index contributed by atoms with van der Waals surface area (Å²) < 4.78 is 6.92. The molecule has 0 aromatic carbocycles. The third kappa shape index (κ3) is 1.88. The van der Waals surface area contributed by atoms with E-state index in [1.165, 1.54) is 0 Å². The van der Waals surface area contributed by atoms with Crippen LogP contribution < -0.4 is 5.73 Å². The van der Waals surface area contributed by atoms with Gasteiger partial charge in [-0.3, -0.25) is 4.68 Å². The van der Waals surface area contributed by atoms with Gasteiger partial charge in [0.05, 0.1) is 18.2 Å². The second-order valence-corrected chi connectivity index (χ2v) is 4.15. The molecule has 0 saturated carbocycles. The molecule has 86 valence electrons. The van der Waals surface area contributed by atoms with Gasteiger partial charge in [0, 0.05) is 24.3 Å². The SMILES string of the molecule is Cc1nn(C)c(C)c1C(N)Cc1ccoc1. The van der Waals surface area contributed by atoms with Crippen LogP contribution in [-0.2, 0) is 13.5 Å². The number of nitrogens with two attached hydrogens (primary N) is 1. The molecule has 0 fully saturated rings. The van der Waals surface area contributed by atoms with Gasteiger partial charge in [-0.1, -0.05) is 0 Å². The van der Waals surface area contributed by atoms with Gasteiger partial charge in [0.1, 0.15) is 0 Å². The fourth-order valence-electron chi connectivity index (χ4n) is 2.09. The Bertz CT molecular complexity index is 471. The van der Waals surface area contributed by atoms with Crippen molar-refractivity contribution < 1.29 is 4.42 Å². The number of rotatable bonds is 3. The third-order valence-electron chi connectivity index (χ3n) is 2.97. The van der Waals surface area contributed by atoms with Crippen molar-refractivity contribution in [1.82, 2.24) is 9.78 Å². The van der Waals surface area contributed by atoms with E-state index in [-0.39, 0.29) is 6.04 Å². The number of aryl methyl sites for hydroxylation is 2. The van der Waals surface area contributed by atoms with Crippen LogP contribution in [0.15, 0.2) is 23.0 Å². The van der Waals surface area contributed by atoms with Crippen LogP contribution in [0.4, 0.5) is 0 Å². The van der Waals surface area contributed by atoms with E-state index >= 15 is 0 Å². The smallest absolute Gasteiger partial charge is 0.0935 e. The van der Waals surface area contributed by atoms with Crippen LogP contribution >= 0.6 is 0 Å². The first-order valence-corrected chi connectivity index (χ1v) is 5.36. The number of aromatic nitrogens is 2. The molecular formula is C12H17N3O. The van der Waals surface area contributed by atoms with Crippen molar-refractivity contribution in [1.29, 1.82) is 0 Å². The van der Waals surface area contributed by atoms with Crippen LogP contribution in [0.3, 0.4) is 0 Å². The van der Waals surface area contributed by atoms with Gasteiger partial charge in [-0.25, -0.2) is 0 Å². The topological polar surface area (TPSA) is 57.0 Å². The lowest BCUT2D eigenvalue weighted by atomic mass is 10.00. The maximum absolute atomic E-state index is 6.21. The fraction of sp³-hybridized carbons (Fsp3) is 0.417. The van der Waals surface area contributed by atoms with E-state index in [0.717, 1.165) is 28.9 Å². The van der Waals surface area contributed by atoms with Gasteiger partial charge < -0.3 is 10.2 Å². The van der Waals surface area contributed by atoms with Crippen molar-refractivity contribution in [2.24, 2.45) is 12.8 Å². The van der Waals surface area contributed by atoms with E-state index in [1.54, 1.807) is 12.5 Å². The summed E-state index contributed by atoms with van der Waals surface area (Å²) in [4.78, 5) is 0. The van der Waals surface area contributed by atoms with Gasteiger partial charge in [-0.15, -0.1) is 0 Å². The van der Waals surface area contributed by atoms with Crippen molar-refractivity contribution in [2.45, 2.75) is 26.3 Å². The van der Waals surface area contributed by atoms with Gasteiger partial charge in [0.25, 0.3) is 0 Å². The molecule has 0 spiro atoms. The molecule has 0 amide bonds.